The highest BCUT2D eigenvalue weighted by atomic mass is 19.1. The molecule has 0 radical (unpaired) electrons. The predicted octanol–water partition coefficient (Wildman–Crippen LogP) is 4.22. The number of amides is 1. The van der Waals surface area contributed by atoms with E-state index in [1.807, 2.05) is 25.1 Å². The smallest absolute Gasteiger partial charge is 0.220 e. The number of hydrogen-bond acceptors (Lipinski definition) is 5. The highest BCUT2D eigenvalue weighted by Crippen LogP contribution is 2.31. The average molecular weight is 459 g/mol. The highest BCUT2D eigenvalue weighted by molar-refractivity contribution is 5.76. The van der Waals surface area contributed by atoms with Crippen LogP contribution in [0.2, 0.25) is 0 Å². The minimum absolute atomic E-state index is 0.0113. The van der Waals surface area contributed by atoms with Gasteiger partial charge < -0.3 is 24.4 Å². The topological polar surface area (TPSA) is 60.0 Å². The van der Waals surface area contributed by atoms with Gasteiger partial charge in [-0.15, -0.1) is 0 Å². The summed E-state index contributed by atoms with van der Waals surface area (Å²) in [6.45, 7) is 6.16. The first kappa shape index (κ1) is 24.8. The molecule has 2 heterocycles. The second-order valence-electron chi connectivity index (χ2n) is 8.57. The molecule has 2 aliphatic heterocycles. The molecule has 0 spiro atoms. The molecule has 6 nitrogen and oxygen atoms in total. The number of rotatable bonds is 8. The molecule has 4 rings (SSSR count). The fourth-order valence-electron chi connectivity index (χ4n) is 3.80. The van der Waals surface area contributed by atoms with Gasteiger partial charge in [0.2, 0.25) is 5.91 Å². The van der Waals surface area contributed by atoms with Gasteiger partial charge in [-0.25, -0.2) is 4.39 Å². The maximum absolute atomic E-state index is 12.8. The molecule has 0 saturated carbocycles. The molecule has 7 heteroatoms. The third kappa shape index (κ3) is 8.92. The van der Waals surface area contributed by atoms with Gasteiger partial charge in [-0.2, -0.15) is 0 Å². The molecule has 1 unspecified atom stereocenters. The number of nitrogens with zero attached hydrogens (tertiary/aromatic N) is 1. The van der Waals surface area contributed by atoms with Gasteiger partial charge in [-0.05, 0) is 94.7 Å². The van der Waals surface area contributed by atoms with Gasteiger partial charge in [0.05, 0.1) is 6.61 Å². The monoisotopic (exact) mass is 458 g/mol. The molecule has 180 valence electrons. The van der Waals surface area contributed by atoms with Crippen LogP contribution in [0.15, 0.2) is 42.5 Å². The summed E-state index contributed by atoms with van der Waals surface area (Å²) in [7, 11) is 2.17. The number of carbonyl (C=O) groups excluding carboxylic acids is 1. The second kappa shape index (κ2) is 13.0. The molecule has 2 aromatic carbocycles. The second-order valence-corrected chi connectivity index (χ2v) is 8.57. The number of likely N-dealkylation sites (tertiary alicyclic amines) is 1. The Balaban J connectivity index is 0.000000442. The van der Waals surface area contributed by atoms with Gasteiger partial charge in [0.1, 0.15) is 24.8 Å². The minimum Gasteiger partial charge on any atom is -0.494 e. The third-order valence-electron chi connectivity index (χ3n) is 5.52. The first-order chi connectivity index (χ1) is 16.0. The summed E-state index contributed by atoms with van der Waals surface area (Å²) in [5.74, 6) is 1.82. The van der Waals surface area contributed by atoms with Crippen molar-refractivity contribution in [2.45, 2.75) is 45.1 Å². The van der Waals surface area contributed by atoms with E-state index in [-0.39, 0.29) is 17.8 Å². The number of halogens is 1. The van der Waals surface area contributed by atoms with Crippen LogP contribution >= 0.6 is 0 Å². The van der Waals surface area contributed by atoms with Gasteiger partial charge in [-0.1, -0.05) is 6.07 Å². The van der Waals surface area contributed by atoms with E-state index in [0.717, 1.165) is 17.1 Å². The Hall–Kier alpha value is -2.80. The van der Waals surface area contributed by atoms with Gasteiger partial charge >= 0.3 is 0 Å². The summed E-state index contributed by atoms with van der Waals surface area (Å²) >= 11 is 0. The normalized spacial score (nSPS) is 15.8. The molecule has 0 aromatic heterocycles. The molecular formula is C26H35FN2O4. The number of nitrogens with one attached hydrogen (secondary N) is 1. The van der Waals surface area contributed by atoms with Crippen molar-refractivity contribution in [1.82, 2.24) is 10.2 Å². The van der Waals surface area contributed by atoms with E-state index < -0.39 is 0 Å². The lowest BCUT2D eigenvalue weighted by Crippen LogP contribution is -2.34. The summed E-state index contributed by atoms with van der Waals surface area (Å²) in [4.78, 5) is 14.4. The quantitative estimate of drug-likeness (QED) is 0.601. The molecule has 2 aromatic rings. The van der Waals surface area contributed by atoms with Crippen LogP contribution in [0.3, 0.4) is 0 Å². The van der Waals surface area contributed by atoms with Crippen molar-refractivity contribution in [3.8, 4) is 17.2 Å². The van der Waals surface area contributed by atoms with E-state index in [2.05, 4.69) is 17.3 Å². The van der Waals surface area contributed by atoms with Crippen molar-refractivity contribution in [2.75, 3.05) is 40.0 Å². The van der Waals surface area contributed by atoms with E-state index in [4.69, 9.17) is 14.2 Å². The molecule has 33 heavy (non-hydrogen) atoms. The molecule has 0 bridgehead atoms. The molecule has 1 amide bonds. The van der Waals surface area contributed by atoms with Gasteiger partial charge in [0.15, 0.2) is 11.5 Å². The summed E-state index contributed by atoms with van der Waals surface area (Å²) < 4.78 is 29.4. The van der Waals surface area contributed by atoms with Crippen LogP contribution in [-0.2, 0) is 11.2 Å². The Morgan fingerprint density at radius 3 is 2.45 bits per heavy atom. The molecule has 0 aliphatic carbocycles. The number of fused-ring (bicyclic) bond motifs is 1. The van der Waals surface area contributed by atoms with Crippen molar-refractivity contribution < 1.29 is 23.4 Å². The van der Waals surface area contributed by atoms with E-state index in [1.54, 1.807) is 12.1 Å². The Bertz CT molecular complexity index is 869. The first-order valence-electron chi connectivity index (χ1n) is 11.7. The van der Waals surface area contributed by atoms with Crippen molar-refractivity contribution >= 4 is 5.91 Å². The van der Waals surface area contributed by atoms with Crippen LogP contribution in [0.25, 0.3) is 0 Å². The van der Waals surface area contributed by atoms with E-state index in [9.17, 15) is 9.18 Å². The van der Waals surface area contributed by atoms with Gasteiger partial charge in [-0.3, -0.25) is 4.79 Å². The van der Waals surface area contributed by atoms with Crippen LogP contribution in [0.4, 0.5) is 4.39 Å². The largest absolute Gasteiger partial charge is 0.494 e. The van der Waals surface area contributed by atoms with Crippen LogP contribution in [0.1, 0.15) is 38.2 Å². The zero-order chi connectivity index (χ0) is 23.5. The Labute approximate surface area is 196 Å². The highest BCUT2D eigenvalue weighted by Gasteiger charge is 2.14. The van der Waals surface area contributed by atoms with Gasteiger partial charge in [0, 0.05) is 12.5 Å². The fourth-order valence-corrected chi connectivity index (χ4v) is 3.80. The minimum atomic E-state index is -0.297. The van der Waals surface area contributed by atoms with Crippen molar-refractivity contribution in [1.29, 1.82) is 0 Å². The standard InChI is InChI=1S/C21H24FNO4.C5H11N/c1-15(13-16-4-9-19-20(14-16)27-12-11-26-19)23-21(24)3-2-10-25-18-7-5-17(22)6-8-18;1-6-4-2-3-5-6/h4-9,14-15H,2-3,10-13H2,1H3,(H,23,24);2-5H2,1H3. The van der Waals surface area contributed by atoms with Crippen LogP contribution in [0, 0.1) is 5.82 Å². The predicted molar refractivity (Wildman–Crippen MR) is 127 cm³/mol. The molecule has 1 saturated heterocycles. The molecular weight excluding hydrogens is 423 g/mol. The fraction of sp³-hybridized carbons (Fsp3) is 0.500. The lowest BCUT2D eigenvalue weighted by Gasteiger charge is -2.20. The van der Waals surface area contributed by atoms with E-state index in [0.29, 0.717) is 44.8 Å². The van der Waals surface area contributed by atoms with Crippen molar-refractivity contribution in [3.63, 3.8) is 0 Å². The van der Waals surface area contributed by atoms with Crippen molar-refractivity contribution in [3.05, 3.63) is 53.8 Å². The van der Waals surface area contributed by atoms with Gasteiger partial charge in [0.25, 0.3) is 0 Å². The summed E-state index contributed by atoms with van der Waals surface area (Å²) in [5, 5.41) is 3.00. The third-order valence-corrected chi connectivity index (χ3v) is 5.52. The average Bonchev–Trinajstić information content (AvgIpc) is 3.29. The number of benzene rings is 2. The number of ether oxygens (including phenoxy) is 3. The zero-order valence-electron chi connectivity index (χ0n) is 19.6. The Morgan fingerprint density at radius 1 is 1.09 bits per heavy atom. The zero-order valence-corrected chi connectivity index (χ0v) is 19.6. The maximum atomic E-state index is 12.8. The van der Waals surface area contributed by atoms with E-state index in [1.165, 1.54) is 38.1 Å². The Morgan fingerprint density at radius 2 is 1.79 bits per heavy atom. The summed E-state index contributed by atoms with van der Waals surface area (Å²) in [6.07, 6.45) is 4.52. The number of carbonyl (C=O) groups is 1. The maximum Gasteiger partial charge on any atom is 0.220 e. The molecule has 1 atom stereocenters. The molecule has 2 aliphatic rings. The lowest BCUT2D eigenvalue weighted by atomic mass is 10.1. The van der Waals surface area contributed by atoms with Crippen LogP contribution in [0.5, 0.6) is 17.2 Å². The Kier molecular flexibility index (Phi) is 9.81. The summed E-state index contributed by atoms with van der Waals surface area (Å²) in [5.41, 5.74) is 1.09. The molecule has 1 N–H and O–H groups in total. The van der Waals surface area contributed by atoms with E-state index >= 15 is 0 Å². The van der Waals surface area contributed by atoms with Crippen LogP contribution < -0.4 is 19.5 Å². The van der Waals surface area contributed by atoms with Crippen molar-refractivity contribution in [2.24, 2.45) is 0 Å². The number of hydrogen-bond donors (Lipinski definition) is 1. The SMILES string of the molecule is CC(Cc1ccc2c(c1)OCCO2)NC(=O)CCCOc1ccc(F)cc1.CN1CCCC1. The lowest BCUT2D eigenvalue weighted by molar-refractivity contribution is -0.121. The molecule has 1 fully saturated rings. The first-order valence-corrected chi connectivity index (χ1v) is 11.7. The summed E-state index contributed by atoms with van der Waals surface area (Å²) in [6, 6.07) is 11.7. The van der Waals surface area contributed by atoms with Crippen LogP contribution in [-0.4, -0.2) is 56.8 Å².